The monoisotopic (exact) mass is 1120 g/mol. The molecule has 1 atom stereocenters. The Balaban J connectivity index is 4.02. The Morgan fingerprint density at radius 1 is 0.263 bits per heavy atom. The van der Waals surface area contributed by atoms with Crippen LogP contribution in [0, 0.1) is 0 Å². The first-order chi connectivity index (χ1) is 39.5. The summed E-state index contributed by atoms with van der Waals surface area (Å²) < 4.78 is 16.9. The highest BCUT2D eigenvalue weighted by molar-refractivity contribution is 5.71. The van der Waals surface area contributed by atoms with Crippen molar-refractivity contribution in [3.8, 4) is 0 Å². The van der Waals surface area contributed by atoms with Gasteiger partial charge in [0.1, 0.15) is 13.2 Å². The highest BCUT2D eigenvalue weighted by Gasteiger charge is 2.19. The first kappa shape index (κ1) is 77.1. The van der Waals surface area contributed by atoms with E-state index in [4.69, 9.17) is 14.2 Å². The first-order valence-electron chi connectivity index (χ1n) is 35.3. The van der Waals surface area contributed by atoms with Gasteiger partial charge in [-0.2, -0.15) is 0 Å². The number of rotatable bonds is 65. The van der Waals surface area contributed by atoms with Crippen molar-refractivity contribution in [1.82, 2.24) is 0 Å². The molecule has 0 radical (unpaired) electrons. The van der Waals surface area contributed by atoms with E-state index in [0.29, 0.717) is 19.3 Å². The molecular weight excluding hydrogens is 985 g/mol. The fourth-order valence-corrected chi connectivity index (χ4v) is 10.5. The average Bonchev–Trinajstić information content (AvgIpc) is 3.46. The van der Waals surface area contributed by atoms with Gasteiger partial charge >= 0.3 is 17.9 Å². The number of hydrogen-bond acceptors (Lipinski definition) is 6. The van der Waals surface area contributed by atoms with Gasteiger partial charge in [-0.05, 0) is 64.2 Å². The summed E-state index contributed by atoms with van der Waals surface area (Å²) in [6.45, 7) is 6.57. The molecule has 0 N–H and O–H groups in total. The molecule has 466 valence electrons. The van der Waals surface area contributed by atoms with E-state index in [9.17, 15) is 14.4 Å². The number of hydrogen-bond donors (Lipinski definition) is 0. The van der Waals surface area contributed by atoms with Gasteiger partial charge in [0.05, 0.1) is 0 Å². The van der Waals surface area contributed by atoms with Gasteiger partial charge < -0.3 is 14.2 Å². The van der Waals surface area contributed by atoms with Crippen molar-refractivity contribution < 1.29 is 28.6 Å². The number of unbranched alkanes of at least 4 members (excludes halogenated alkanes) is 44. The summed E-state index contributed by atoms with van der Waals surface area (Å²) in [7, 11) is 0. The molecule has 0 rings (SSSR count). The van der Waals surface area contributed by atoms with E-state index in [1.807, 2.05) is 0 Å². The van der Waals surface area contributed by atoms with Gasteiger partial charge in [0.15, 0.2) is 6.10 Å². The standard InChI is InChI=1S/C74H134O6/c1-4-7-10-13-16-19-21-23-25-27-29-30-31-32-33-34-35-36-37-38-39-40-41-42-43-44-45-47-48-50-52-55-58-61-64-67-73(76)79-70-71(69-78-72(75)66-63-60-57-54-18-15-12-9-6-3)80-74(77)68-65-62-59-56-53-51-49-46-28-26-24-22-20-17-14-11-8-5-2/h7,10,16,19,23,25,29-30,32-33,71H,4-6,8-9,11-15,17-18,20-22,24,26-28,31,34-70H2,1-3H3/b10-7-,19-16-,25-23-,30-29-,33-32-. The topological polar surface area (TPSA) is 78.9 Å². The highest BCUT2D eigenvalue weighted by Crippen LogP contribution is 2.18. The lowest BCUT2D eigenvalue weighted by Crippen LogP contribution is -2.30. The van der Waals surface area contributed by atoms with Crippen LogP contribution in [0.2, 0.25) is 0 Å². The molecule has 0 saturated heterocycles. The van der Waals surface area contributed by atoms with Gasteiger partial charge in [0.2, 0.25) is 0 Å². The van der Waals surface area contributed by atoms with Crippen molar-refractivity contribution in [2.24, 2.45) is 0 Å². The van der Waals surface area contributed by atoms with E-state index in [-0.39, 0.29) is 31.1 Å². The van der Waals surface area contributed by atoms with Gasteiger partial charge in [-0.25, -0.2) is 0 Å². The molecule has 0 aliphatic carbocycles. The lowest BCUT2D eigenvalue weighted by Gasteiger charge is -2.18. The molecule has 0 aromatic heterocycles. The van der Waals surface area contributed by atoms with Crippen molar-refractivity contribution in [2.45, 2.75) is 380 Å². The number of ether oxygens (including phenoxy) is 3. The first-order valence-corrected chi connectivity index (χ1v) is 35.3. The van der Waals surface area contributed by atoms with Crippen LogP contribution < -0.4 is 0 Å². The van der Waals surface area contributed by atoms with Gasteiger partial charge in [-0.15, -0.1) is 0 Å². The van der Waals surface area contributed by atoms with Crippen LogP contribution in [-0.2, 0) is 28.6 Å². The molecule has 0 heterocycles. The molecule has 80 heavy (non-hydrogen) atoms. The van der Waals surface area contributed by atoms with E-state index in [1.54, 1.807) is 0 Å². The lowest BCUT2D eigenvalue weighted by atomic mass is 10.0. The van der Waals surface area contributed by atoms with Crippen molar-refractivity contribution in [2.75, 3.05) is 13.2 Å². The van der Waals surface area contributed by atoms with E-state index < -0.39 is 6.10 Å². The normalized spacial score (nSPS) is 12.4. The van der Waals surface area contributed by atoms with Crippen LogP contribution in [-0.4, -0.2) is 37.2 Å². The lowest BCUT2D eigenvalue weighted by molar-refractivity contribution is -0.167. The minimum atomic E-state index is -0.767. The van der Waals surface area contributed by atoms with Gasteiger partial charge in [0, 0.05) is 19.3 Å². The molecule has 1 unspecified atom stereocenters. The number of allylic oxidation sites excluding steroid dienone is 10. The third-order valence-electron chi connectivity index (χ3n) is 15.8. The second kappa shape index (κ2) is 68.6. The molecule has 6 nitrogen and oxygen atoms in total. The summed E-state index contributed by atoms with van der Waals surface area (Å²) in [6, 6.07) is 0. The summed E-state index contributed by atoms with van der Waals surface area (Å²) in [5.74, 6) is -0.842. The Kier molecular flexibility index (Phi) is 66.1. The molecule has 0 bridgehead atoms. The van der Waals surface area contributed by atoms with Crippen molar-refractivity contribution >= 4 is 17.9 Å². The van der Waals surface area contributed by atoms with Crippen LogP contribution >= 0.6 is 0 Å². The van der Waals surface area contributed by atoms with Crippen molar-refractivity contribution in [3.63, 3.8) is 0 Å². The molecule has 0 aromatic rings. The molecule has 0 spiro atoms. The number of carbonyl (C=O) groups excluding carboxylic acids is 3. The Hall–Kier alpha value is -2.89. The van der Waals surface area contributed by atoms with Crippen molar-refractivity contribution in [1.29, 1.82) is 0 Å². The second-order valence-electron chi connectivity index (χ2n) is 23.8. The summed E-state index contributed by atoms with van der Waals surface area (Å²) in [5.41, 5.74) is 0. The maximum Gasteiger partial charge on any atom is 0.306 e. The quantitative estimate of drug-likeness (QED) is 0.0261. The fraction of sp³-hybridized carbons (Fsp3) is 0.824. The van der Waals surface area contributed by atoms with Crippen LogP contribution in [0.15, 0.2) is 60.8 Å². The van der Waals surface area contributed by atoms with Crippen LogP contribution in [0.25, 0.3) is 0 Å². The third kappa shape index (κ3) is 65.9. The van der Waals surface area contributed by atoms with Crippen LogP contribution in [0.4, 0.5) is 0 Å². The fourth-order valence-electron chi connectivity index (χ4n) is 10.5. The van der Waals surface area contributed by atoms with Gasteiger partial charge in [-0.1, -0.05) is 351 Å². The molecule has 6 heteroatoms. The van der Waals surface area contributed by atoms with Crippen LogP contribution in [0.5, 0.6) is 0 Å². The largest absolute Gasteiger partial charge is 0.462 e. The molecular formula is C74H134O6. The summed E-state index contributed by atoms with van der Waals surface area (Å²) >= 11 is 0. The Bertz CT molecular complexity index is 1430. The van der Waals surface area contributed by atoms with Crippen molar-refractivity contribution in [3.05, 3.63) is 60.8 Å². The Morgan fingerprint density at radius 2 is 0.487 bits per heavy atom. The zero-order valence-electron chi connectivity index (χ0n) is 53.6. The second-order valence-corrected chi connectivity index (χ2v) is 23.8. The number of esters is 3. The average molecular weight is 1120 g/mol. The Morgan fingerprint density at radius 3 is 0.762 bits per heavy atom. The van der Waals surface area contributed by atoms with E-state index in [2.05, 4.69) is 81.5 Å². The maximum absolute atomic E-state index is 12.9. The third-order valence-corrected chi connectivity index (χ3v) is 15.8. The zero-order chi connectivity index (χ0) is 57.8. The summed E-state index contributed by atoms with van der Waals surface area (Å²) in [5, 5.41) is 0. The molecule has 0 fully saturated rings. The summed E-state index contributed by atoms with van der Waals surface area (Å²) in [6.07, 6.45) is 88.4. The molecule has 0 aromatic carbocycles. The van der Waals surface area contributed by atoms with Gasteiger partial charge in [0.25, 0.3) is 0 Å². The van der Waals surface area contributed by atoms with Gasteiger partial charge in [-0.3, -0.25) is 14.4 Å². The highest BCUT2D eigenvalue weighted by atomic mass is 16.6. The summed E-state index contributed by atoms with van der Waals surface area (Å²) in [4.78, 5) is 38.2. The SMILES string of the molecule is CC/C=C\C/C=C\C/C=C\C/C=C\C/C=C\CCCCCCCCCCCCCCCCCCCCCC(=O)OCC(COC(=O)CCCCCCCCCCC)OC(=O)CCCCCCCCCCCCCCCCCCCC. The van der Waals surface area contributed by atoms with E-state index >= 15 is 0 Å². The predicted molar refractivity (Wildman–Crippen MR) is 348 cm³/mol. The minimum Gasteiger partial charge on any atom is -0.462 e. The maximum atomic E-state index is 12.9. The van der Waals surface area contributed by atoms with E-state index in [0.717, 1.165) is 89.9 Å². The minimum absolute atomic E-state index is 0.0661. The van der Waals surface area contributed by atoms with Crippen LogP contribution in [0.1, 0.15) is 374 Å². The number of carbonyl (C=O) groups is 3. The van der Waals surface area contributed by atoms with Crippen LogP contribution in [0.3, 0.4) is 0 Å². The molecule has 0 aliphatic heterocycles. The molecule has 0 saturated carbocycles. The predicted octanol–water partition coefficient (Wildman–Crippen LogP) is 24.3. The Labute approximate surface area is 498 Å². The smallest absolute Gasteiger partial charge is 0.306 e. The molecule has 0 amide bonds. The molecule has 0 aliphatic rings. The zero-order valence-corrected chi connectivity index (χ0v) is 53.6. The van der Waals surface area contributed by atoms with E-state index in [1.165, 1.54) is 244 Å².